The second-order valence-corrected chi connectivity index (χ2v) is 5.90. The number of carbonyl (C=O) groups is 1. The lowest BCUT2D eigenvalue weighted by Gasteiger charge is -2.09. The second-order valence-electron chi connectivity index (χ2n) is 5.02. The van der Waals surface area contributed by atoms with Gasteiger partial charge in [0.2, 0.25) is 0 Å². The van der Waals surface area contributed by atoms with Crippen LogP contribution in [-0.4, -0.2) is 23.8 Å². The molecule has 0 fully saturated rings. The van der Waals surface area contributed by atoms with E-state index in [-0.39, 0.29) is 5.69 Å². The molecule has 3 rings (SSSR count). The minimum Gasteiger partial charge on any atom is -0.461 e. The van der Waals surface area contributed by atoms with Crippen LogP contribution >= 0.6 is 11.8 Å². The first-order valence-corrected chi connectivity index (χ1v) is 8.81. The van der Waals surface area contributed by atoms with Gasteiger partial charge in [-0.3, -0.25) is 0 Å². The molecule has 0 amide bonds. The normalized spacial score (nSPS) is 10.6. The third-order valence-corrected chi connectivity index (χ3v) is 4.35. The average Bonchev–Trinajstić information content (AvgIpc) is 3.12. The molecule has 0 saturated heterocycles. The first-order chi connectivity index (χ1) is 11.7. The SMILES string of the molecule is CCOC(=O)c1ncoc1-c1ccccc1-c1ccc(SC)cc1. The fourth-order valence-corrected chi connectivity index (χ4v) is 2.89. The third kappa shape index (κ3) is 3.21. The molecule has 122 valence electrons. The number of carbonyl (C=O) groups excluding carboxylic acids is 1. The van der Waals surface area contributed by atoms with E-state index >= 15 is 0 Å². The highest BCUT2D eigenvalue weighted by molar-refractivity contribution is 7.98. The van der Waals surface area contributed by atoms with Crippen molar-refractivity contribution in [1.29, 1.82) is 0 Å². The molecule has 0 radical (unpaired) electrons. The molecule has 2 aromatic carbocycles. The number of esters is 1. The highest BCUT2D eigenvalue weighted by Gasteiger charge is 2.21. The number of thioether (sulfide) groups is 1. The summed E-state index contributed by atoms with van der Waals surface area (Å²) in [6.45, 7) is 2.06. The van der Waals surface area contributed by atoms with Crippen LogP contribution in [0, 0.1) is 0 Å². The van der Waals surface area contributed by atoms with Gasteiger partial charge in [-0.05, 0) is 36.4 Å². The molecule has 5 heteroatoms. The summed E-state index contributed by atoms with van der Waals surface area (Å²) in [7, 11) is 0. The maximum Gasteiger partial charge on any atom is 0.360 e. The Morgan fingerprint density at radius 3 is 2.50 bits per heavy atom. The predicted molar refractivity (Wildman–Crippen MR) is 95.1 cm³/mol. The minimum atomic E-state index is -0.478. The summed E-state index contributed by atoms with van der Waals surface area (Å²) in [4.78, 5) is 17.3. The summed E-state index contributed by atoms with van der Waals surface area (Å²) in [6, 6.07) is 16.1. The standard InChI is InChI=1S/C19H17NO3S/c1-3-22-19(21)17-18(23-12-20-17)16-7-5-4-6-15(16)13-8-10-14(24-2)11-9-13/h4-12H,3H2,1-2H3. The van der Waals surface area contributed by atoms with E-state index in [4.69, 9.17) is 9.15 Å². The molecule has 4 nitrogen and oxygen atoms in total. The molecule has 0 aliphatic heterocycles. The zero-order valence-electron chi connectivity index (χ0n) is 13.5. The smallest absolute Gasteiger partial charge is 0.360 e. The molecule has 0 aliphatic rings. The second kappa shape index (κ2) is 7.36. The van der Waals surface area contributed by atoms with Crippen molar-refractivity contribution in [3.8, 4) is 22.5 Å². The van der Waals surface area contributed by atoms with Gasteiger partial charge in [-0.1, -0.05) is 36.4 Å². The van der Waals surface area contributed by atoms with Crippen LogP contribution in [0.5, 0.6) is 0 Å². The van der Waals surface area contributed by atoms with E-state index < -0.39 is 5.97 Å². The van der Waals surface area contributed by atoms with Crippen LogP contribution in [-0.2, 0) is 4.74 Å². The molecule has 0 bridgehead atoms. The lowest BCUT2D eigenvalue weighted by Crippen LogP contribution is -2.06. The molecule has 3 aromatic rings. The zero-order valence-corrected chi connectivity index (χ0v) is 14.3. The quantitative estimate of drug-likeness (QED) is 0.488. The largest absolute Gasteiger partial charge is 0.461 e. The number of nitrogens with zero attached hydrogens (tertiary/aromatic N) is 1. The van der Waals surface area contributed by atoms with E-state index in [9.17, 15) is 4.79 Å². The van der Waals surface area contributed by atoms with Gasteiger partial charge in [0, 0.05) is 10.5 Å². The molecule has 0 unspecified atom stereocenters. The van der Waals surface area contributed by atoms with Gasteiger partial charge in [-0.15, -0.1) is 11.8 Å². The van der Waals surface area contributed by atoms with Crippen molar-refractivity contribution in [1.82, 2.24) is 4.98 Å². The number of oxazole rings is 1. The van der Waals surface area contributed by atoms with E-state index in [1.54, 1.807) is 18.7 Å². The molecule has 1 aromatic heterocycles. The van der Waals surface area contributed by atoms with Crippen LogP contribution in [0.1, 0.15) is 17.4 Å². The Balaban J connectivity index is 2.07. The van der Waals surface area contributed by atoms with Gasteiger partial charge in [-0.2, -0.15) is 0 Å². The van der Waals surface area contributed by atoms with Gasteiger partial charge in [0.15, 0.2) is 17.8 Å². The molecule has 0 atom stereocenters. The lowest BCUT2D eigenvalue weighted by molar-refractivity contribution is 0.0520. The predicted octanol–water partition coefficient (Wildman–Crippen LogP) is 4.91. The highest BCUT2D eigenvalue weighted by atomic mass is 32.2. The summed E-state index contributed by atoms with van der Waals surface area (Å²) in [5.74, 6) is -0.0493. The minimum absolute atomic E-state index is 0.199. The third-order valence-electron chi connectivity index (χ3n) is 3.61. The van der Waals surface area contributed by atoms with Crippen molar-refractivity contribution in [2.24, 2.45) is 0 Å². The van der Waals surface area contributed by atoms with Gasteiger partial charge in [0.05, 0.1) is 6.61 Å². The molecule has 0 spiro atoms. The van der Waals surface area contributed by atoms with Crippen LogP contribution < -0.4 is 0 Å². The van der Waals surface area contributed by atoms with E-state index in [0.717, 1.165) is 16.7 Å². The van der Waals surface area contributed by atoms with Gasteiger partial charge < -0.3 is 9.15 Å². The van der Waals surface area contributed by atoms with Crippen LogP contribution in [0.15, 0.2) is 64.2 Å². The Morgan fingerprint density at radius 1 is 1.12 bits per heavy atom. The van der Waals surface area contributed by atoms with Crippen molar-refractivity contribution in [3.63, 3.8) is 0 Å². The topological polar surface area (TPSA) is 52.3 Å². The summed E-state index contributed by atoms with van der Waals surface area (Å²) in [5, 5.41) is 0. The van der Waals surface area contributed by atoms with Crippen molar-refractivity contribution >= 4 is 17.7 Å². The number of hydrogen-bond donors (Lipinski definition) is 0. The van der Waals surface area contributed by atoms with Gasteiger partial charge in [-0.25, -0.2) is 9.78 Å². The average molecular weight is 339 g/mol. The van der Waals surface area contributed by atoms with Gasteiger partial charge >= 0.3 is 5.97 Å². The molecule has 1 heterocycles. The Hall–Kier alpha value is -2.53. The van der Waals surface area contributed by atoms with E-state index in [0.29, 0.717) is 12.4 Å². The van der Waals surface area contributed by atoms with Crippen molar-refractivity contribution in [2.75, 3.05) is 12.9 Å². The lowest BCUT2D eigenvalue weighted by atomic mass is 9.97. The number of hydrogen-bond acceptors (Lipinski definition) is 5. The Labute approximate surface area is 144 Å². The maximum absolute atomic E-state index is 12.1. The van der Waals surface area contributed by atoms with E-state index in [1.807, 2.05) is 30.5 Å². The summed E-state index contributed by atoms with van der Waals surface area (Å²) < 4.78 is 10.6. The monoisotopic (exact) mass is 339 g/mol. The first-order valence-electron chi connectivity index (χ1n) is 7.59. The van der Waals surface area contributed by atoms with Crippen molar-refractivity contribution in [3.05, 3.63) is 60.6 Å². The summed E-state index contributed by atoms with van der Waals surface area (Å²) in [6.07, 6.45) is 3.32. The van der Waals surface area contributed by atoms with Gasteiger partial charge in [0.25, 0.3) is 0 Å². The summed E-state index contributed by atoms with van der Waals surface area (Å²) in [5.41, 5.74) is 3.04. The highest BCUT2D eigenvalue weighted by Crippen LogP contribution is 2.34. The Morgan fingerprint density at radius 2 is 1.83 bits per heavy atom. The van der Waals surface area contributed by atoms with Crippen LogP contribution in [0.2, 0.25) is 0 Å². The first kappa shape index (κ1) is 16.3. The van der Waals surface area contributed by atoms with Crippen LogP contribution in [0.4, 0.5) is 0 Å². The number of benzene rings is 2. The Bertz CT molecular complexity index is 840. The molecule has 0 aliphatic carbocycles. The molecule has 0 N–H and O–H groups in total. The van der Waals surface area contributed by atoms with Gasteiger partial charge in [0.1, 0.15) is 0 Å². The summed E-state index contributed by atoms with van der Waals surface area (Å²) >= 11 is 1.70. The Kier molecular flexibility index (Phi) is 5.01. The fraction of sp³-hybridized carbons (Fsp3) is 0.158. The van der Waals surface area contributed by atoms with Crippen molar-refractivity contribution in [2.45, 2.75) is 11.8 Å². The maximum atomic E-state index is 12.1. The fourth-order valence-electron chi connectivity index (χ4n) is 2.49. The van der Waals surface area contributed by atoms with Crippen molar-refractivity contribution < 1.29 is 13.9 Å². The number of aromatic nitrogens is 1. The van der Waals surface area contributed by atoms with E-state index in [2.05, 4.69) is 29.2 Å². The molecular weight excluding hydrogens is 322 g/mol. The van der Waals surface area contributed by atoms with E-state index in [1.165, 1.54) is 11.3 Å². The number of rotatable bonds is 5. The zero-order chi connectivity index (χ0) is 16.9. The van der Waals surface area contributed by atoms with Crippen LogP contribution in [0.25, 0.3) is 22.5 Å². The molecule has 24 heavy (non-hydrogen) atoms. The number of ether oxygens (including phenoxy) is 1. The molecular formula is C19H17NO3S. The van der Waals surface area contributed by atoms with Crippen LogP contribution in [0.3, 0.4) is 0 Å². The molecule has 0 saturated carbocycles.